The van der Waals surface area contributed by atoms with Crippen LogP contribution < -0.4 is 20.7 Å². The van der Waals surface area contributed by atoms with Crippen LogP contribution >= 0.6 is 11.3 Å². The number of nitrogens with one attached hydrogen (secondary N) is 3. The number of piperazine rings is 1. The molecule has 4 aliphatic rings. The van der Waals surface area contributed by atoms with Crippen LogP contribution in [0.2, 0.25) is 0 Å². The third kappa shape index (κ3) is 11.3. The Bertz CT molecular complexity index is 2650. The number of likely N-dealkylation sites (tertiary alicyclic amines) is 1. The number of nitrogens with zero attached hydrogens (tertiary/aromatic N) is 6. The smallest absolute Gasteiger partial charge is 0.251 e. The lowest BCUT2D eigenvalue weighted by atomic mass is 9.49. The van der Waals surface area contributed by atoms with Crippen LogP contribution in [0, 0.1) is 46.3 Å². The summed E-state index contributed by atoms with van der Waals surface area (Å²) in [4.78, 5) is 66.3. The predicted octanol–water partition coefficient (Wildman–Crippen LogP) is 4.99. The summed E-state index contributed by atoms with van der Waals surface area (Å²) in [5, 5.41) is 38.8. The van der Waals surface area contributed by atoms with Crippen LogP contribution in [0.3, 0.4) is 0 Å². The van der Waals surface area contributed by atoms with Gasteiger partial charge in [-0.1, -0.05) is 64.1 Å². The Labute approximate surface area is 420 Å². The fourth-order valence-electron chi connectivity index (χ4n) is 11.1. The van der Waals surface area contributed by atoms with Gasteiger partial charge in [0.05, 0.1) is 59.1 Å². The molecular weight excluding hydrogens is 919 g/mol. The lowest BCUT2D eigenvalue weighted by Gasteiger charge is -2.63. The molecule has 1 unspecified atom stereocenters. The lowest BCUT2D eigenvalue weighted by Crippen LogP contribution is -2.74. The summed E-state index contributed by atoms with van der Waals surface area (Å²) in [6, 6.07) is 22.4. The van der Waals surface area contributed by atoms with Crippen LogP contribution in [0.4, 0.5) is 0 Å². The summed E-state index contributed by atoms with van der Waals surface area (Å²) in [6.45, 7) is 16.8. The molecule has 0 radical (unpaired) electrons. The molecule has 1 aromatic heterocycles. The number of amides is 4. The van der Waals surface area contributed by atoms with Gasteiger partial charge in [0.1, 0.15) is 36.1 Å². The minimum absolute atomic E-state index is 0.00514. The summed E-state index contributed by atoms with van der Waals surface area (Å²) in [5.41, 5.74) is 6.23. The largest absolute Gasteiger partial charge is 0.489 e. The highest BCUT2D eigenvalue weighted by molar-refractivity contribution is 7.13. The average molecular weight is 984 g/mol. The van der Waals surface area contributed by atoms with E-state index in [4.69, 9.17) is 9.47 Å². The molecule has 3 saturated heterocycles. The molecule has 17 heteroatoms. The van der Waals surface area contributed by atoms with Crippen molar-refractivity contribution in [2.24, 2.45) is 16.7 Å². The SMILES string of the molecule is Cc1ncsc1-c1ccc(C(C)NC(=O)[C@@H]2C[C@@H](O)CN2C(=O)[C@H](NC(=O)CN2CCN(CCCc3ccc(C(=O)NC4C(C)(C)C(Oc5ccc(C#N)c(C#N)c5)C4(C)C)cc3)CC2)C2COC2)cc1. The standard InChI is InChI=1S/C54H65N9O7S/c1-33(36-13-15-37(16-14-36)47-34(2)57-32-71-47)58-49(67)44-25-42(64)28-63(44)50(68)46(41-30-69-31-41)59-45(65)29-62-22-20-61(21-23-62)19-7-8-35-9-11-38(12-10-35)48(66)60-51-53(3,4)52(54(51,5)6)70-43-18-17-39(26-55)40(24-43)27-56/h9-18,24,32-33,41-42,44,46,51-52,64H,7-8,19-23,25,28-31H2,1-6H3,(H,58,67)(H,59,65)(H,60,66)/t33?,42-,44+,46-,51?,52?/m1/s1. The van der Waals surface area contributed by atoms with Gasteiger partial charge < -0.3 is 40.3 Å². The van der Waals surface area contributed by atoms with E-state index in [1.165, 1.54) is 4.90 Å². The molecule has 8 rings (SSSR count). The molecule has 4 atom stereocenters. The van der Waals surface area contributed by atoms with Gasteiger partial charge in [-0.3, -0.25) is 24.1 Å². The maximum atomic E-state index is 14.2. The molecule has 3 aromatic carbocycles. The number of hydrogen-bond donors (Lipinski definition) is 4. The van der Waals surface area contributed by atoms with Crippen LogP contribution in [0.25, 0.3) is 10.4 Å². The zero-order valence-electron chi connectivity index (χ0n) is 41.4. The molecule has 16 nitrogen and oxygen atoms in total. The lowest BCUT2D eigenvalue weighted by molar-refractivity contribution is -0.164. The minimum atomic E-state index is -0.877. The van der Waals surface area contributed by atoms with E-state index in [1.807, 2.05) is 74.0 Å². The molecule has 1 aliphatic carbocycles. The Balaban J connectivity index is 0.759. The van der Waals surface area contributed by atoms with Crippen molar-refractivity contribution < 1.29 is 33.8 Å². The highest BCUT2D eigenvalue weighted by Crippen LogP contribution is 2.55. The summed E-state index contributed by atoms with van der Waals surface area (Å²) in [6.07, 6.45) is 0.792. The van der Waals surface area contributed by atoms with Crippen molar-refractivity contribution in [3.8, 4) is 28.3 Å². The number of β-amino-alcohol motifs (C(OH)–C–C–N with tert-alkyl or cyclic N) is 1. The molecule has 0 spiro atoms. The number of hydrogen-bond acceptors (Lipinski definition) is 13. The van der Waals surface area contributed by atoms with Gasteiger partial charge in [-0.05, 0) is 80.3 Å². The summed E-state index contributed by atoms with van der Waals surface area (Å²) in [5.74, 6) is -0.866. The molecule has 374 valence electrons. The van der Waals surface area contributed by atoms with E-state index in [0.29, 0.717) is 43.2 Å². The van der Waals surface area contributed by atoms with Gasteiger partial charge in [0.15, 0.2) is 0 Å². The van der Waals surface area contributed by atoms with E-state index in [2.05, 4.69) is 64.5 Å². The van der Waals surface area contributed by atoms with Gasteiger partial charge in [0, 0.05) is 67.5 Å². The van der Waals surface area contributed by atoms with E-state index < -0.39 is 29.0 Å². The van der Waals surface area contributed by atoms with Gasteiger partial charge >= 0.3 is 0 Å². The van der Waals surface area contributed by atoms with Gasteiger partial charge in [-0.25, -0.2) is 4.98 Å². The third-order valence-electron chi connectivity index (χ3n) is 14.9. The number of rotatable bonds is 17. The zero-order chi connectivity index (χ0) is 50.6. The first kappa shape index (κ1) is 51.2. The number of aliphatic hydroxyl groups excluding tert-OH is 1. The molecule has 0 bridgehead atoms. The van der Waals surface area contributed by atoms with E-state index >= 15 is 0 Å². The maximum Gasteiger partial charge on any atom is 0.251 e. The molecule has 1 saturated carbocycles. The fourth-order valence-corrected chi connectivity index (χ4v) is 11.9. The fraction of sp³-hybridized carbons (Fsp3) is 0.500. The number of aliphatic hydroxyl groups is 1. The molecule has 4 heterocycles. The van der Waals surface area contributed by atoms with E-state index in [0.717, 1.165) is 59.7 Å². The van der Waals surface area contributed by atoms with Crippen LogP contribution in [-0.4, -0.2) is 138 Å². The van der Waals surface area contributed by atoms with Gasteiger partial charge in [0.2, 0.25) is 17.7 Å². The molecule has 4 amide bonds. The van der Waals surface area contributed by atoms with Gasteiger partial charge in [-0.15, -0.1) is 11.3 Å². The minimum Gasteiger partial charge on any atom is -0.489 e. The van der Waals surface area contributed by atoms with E-state index in [9.17, 15) is 34.8 Å². The van der Waals surface area contributed by atoms with Crippen molar-refractivity contribution in [1.29, 1.82) is 10.5 Å². The van der Waals surface area contributed by atoms with Gasteiger partial charge in [-0.2, -0.15) is 10.5 Å². The molecular formula is C54H65N9O7S. The quantitative estimate of drug-likeness (QED) is 0.110. The predicted molar refractivity (Wildman–Crippen MR) is 268 cm³/mol. The van der Waals surface area contributed by atoms with Crippen molar-refractivity contribution in [2.75, 3.05) is 59.0 Å². The number of benzene rings is 3. The van der Waals surface area contributed by atoms with Crippen molar-refractivity contribution in [3.63, 3.8) is 0 Å². The second kappa shape index (κ2) is 21.6. The number of carbonyl (C=O) groups excluding carboxylic acids is 4. The first-order valence-corrected chi connectivity index (χ1v) is 25.5. The topological polar surface area (TPSA) is 213 Å². The third-order valence-corrected chi connectivity index (χ3v) is 15.9. The second-order valence-electron chi connectivity index (χ2n) is 20.8. The zero-order valence-corrected chi connectivity index (χ0v) is 42.3. The van der Waals surface area contributed by atoms with Crippen LogP contribution in [0.1, 0.15) is 91.8 Å². The molecule has 4 N–H and O–H groups in total. The molecule has 4 aromatic rings. The molecule has 4 fully saturated rings. The number of aromatic nitrogens is 1. The summed E-state index contributed by atoms with van der Waals surface area (Å²) in [7, 11) is 0. The maximum absolute atomic E-state index is 14.2. The summed E-state index contributed by atoms with van der Waals surface area (Å²) >= 11 is 1.58. The number of ether oxygens (including phenoxy) is 2. The van der Waals surface area contributed by atoms with Crippen LogP contribution in [0.5, 0.6) is 5.75 Å². The first-order valence-electron chi connectivity index (χ1n) is 24.6. The Morgan fingerprint density at radius 1 is 0.915 bits per heavy atom. The Kier molecular flexibility index (Phi) is 15.6. The van der Waals surface area contributed by atoms with Crippen molar-refractivity contribution in [3.05, 3.63) is 106 Å². The summed E-state index contributed by atoms with van der Waals surface area (Å²) < 4.78 is 11.8. The van der Waals surface area contributed by atoms with Crippen LogP contribution in [-0.2, 0) is 25.5 Å². The highest BCUT2D eigenvalue weighted by Gasteiger charge is 2.64. The monoisotopic (exact) mass is 983 g/mol. The van der Waals surface area contributed by atoms with Crippen LogP contribution in [0.15, 0.2) is 72.2 Å². The number of nitriles is 2. The molecule has 3 aliphatic heterocycles. The number of carbonyl (C=O) groups is 4. The Morgan fingerprint density at radius 3 is 2.21 bits per heavy atom. The van der Waals surface area contributed by atoms with Gasteiger partial charge in [0.25, 0.3) is 5.91 Å². The first-order chi connectivity index (χ1) is 34.0. The van der Waals surface area contributed by atoms with Crippen molar-refractivity contribution in [1.82, 2.24) is 35.6 Å². The van der Waals surface area contributed by atoms with Crippen molar-refractivity contribution in [2.45, 2.75) is 97.2 Å². The second-order valence-corrected chi connectivity index (χ2v) is 21.6. The molecule has 71 heavy (non-hydrogen) atoms. The Morgan fingerprint density at radius 2 is 1.59 bits per heavy atom. The number of thiazole rings is 1. The van der Waals surface area contributed by atoms with E-state index in [-0.39, 0.29) is 72.8 Å². The van der Waals surface area contributed by atoms with Crippen molar-refractivity contribution >= 4 is 35.0 Å². The number of aryl methyl sites for hydroxylation is 2. The Hall–Kier alpha value is -6.21. The normalized spacial score (nSPS) is 22.7. The average Bonchev–Trinajstić information content (AvgIpc) is 3.96. The highest BCUT2D eigenvalue weighted by atomic mass is 32.1. The van der Waals surface area contributed by atoms with E-state index in [1.54, 1.807) is 29.5 Å².